The van der Waals surface area contributed by atoms with Crippen LogP contribution in [0.25, 0.3) is 17.1 Å². The fourth-order valence-electron chi connectivity index (χ4n) is 5.12. The van der Waals surface area contributed by atoms with Crippen molar-refractivity contribution in [3.63, 3.8) is 0 Å². The minimum Gasteiger partial charge on any atom is -0.420 e. The van der Waals surface area contributed by atoms with Crippen LogP contribution in [0.1, 0.15) is 92.5 Å². The lowest BCUT2D eigenvalue weighted by Crippen LogP contribution is -2.20. The van der Waals surface area contributed by atoms with Crippen LogP contribution in [0, 0.1) is 6.92 Å². The molecule has 0 amide bonds. The lowest BCUT2D eigenvalue weighted by molar-refractivity contribution is -0.142. The van der Waals surface area contributed by atoms with Crippen LogP contribution in [0.4, 0.5) is 13.2 Å². The van der Waals surface area contributed by atoms with Crippen molar-refractivity contribution in [1.82, 2.24) is 24.8 Å². The van der Waals surface area contributed by atoms with Crippen molar-refractivity contribution in [2.45, 2.75) is 82.7 Å². The average Bonchev–Trinajstić information content (AvgIpc) is 3.47. The van der Waals surface area contributed by atoms with Crippen molar-refractivity contribution in [3.05, 3.63) is 33.2 Å². The Bertz CT molecular complexity index is 1160. The molecule has 3 aromatic rings. The summed E-state index contributed by atoms with van der Waals surface area (Å²) in [5.41, 5.74) is -1.01. The molecule has 0 aromatic carbocycles. The molecule has 0 spiro atoms. The summed E-state index contributed by atoms with van der Waals surface area (Å²) in [4.78, 5) is 16.2. The number of aryl methyl sites for hydroxylation is 1. The van der Waals surface area contributed by atoms with Crippen LogP contribution in [0.5, 0.6) is 0 Å². The molecule has 0 aliphatic heterocycles. The number of hydrogen-bond donors (Lipinski definition) is 1. The Labute approximate surface area is 176 Å². The molecule has 0 saturated heterocycles. The Morgan fingerprint density at radius 3 is 2.32 bits per heavy atom. The molecule has 10 heteroatoms. The van der Waals surface area contributed by atoms with Crippen molar-refractivity contribution in [2.24, 2.45) is 0 Å². The molecule has 0 unspecified atom stereocenters. The third kappa shape index (κ3) is 3.45. The van der Waals surface area contributed by atoms with E-state index in [9.17, 15) is 18.0 Å². The van der Waals surface area contributed by atoms with E-state index in [1.165, 1.54) is 6.42 Å². The summed E-state index contributed by atoms with van der Waals surface area (Å²) in [5.74, 6) is 0.398. The van der Waals surface area contributed by atoms with Crippen molar-refractivity contribution in [2.75, 3.05) is 0 Å². The summed E-state index contributed by atoms with van der Waals surface area (Å²) in [6, 6.07) is 0. The standard InChI is InChI=1S/C21H24F3N5O2/c1-11-14(19-27-26-18(31-19)13-9-3-2-4-10-13)20(30)29-17(25-11)15(12-7-5-6-8-12)16(28-29)21(22,23)24/h12-13,25H,2-10H2,1H3. The fourth-order valence-corrected chi connectivity index (χ4v) is 5.12. The van der Waals surface area contributed by atoms with Gasteiger partial charge in [-0.1, -0.05) is 32.1 Å². The van der Waals surface area contributed by atoms with Crippen molar-refractivity contribution in [3.8, 4) is 11.5 Å². The van der Waals surface area contributed by atoms with E-state index in [0.29, 0.717) is 24.4 Å². The van der Waals surface area contributed by atoms with Gasteiger partial charge in [0, 0.05) is 17.2 Å². The molecule has 0 radical (unpaired) electrons. The van der Waals surface area contributed by atoms with Crippen molar-refractivity contribution in [1.29, 1.82) is 0 Å². The van der Waals surface area contributed by atoms with Gasteiger partial charge in [0.25, 0.3) is 11.4 Å². The van der Waals surface area contributed by atoms with Gasteiger partial charge in [-0.3, -0.25) is 4.79 Å². The quantitative estimate of drug-likeness (QED) is 0.618. The molecule has 7 nitrogen and oxygen atoms in total. The van der Waals surface area contributed by atoms with Gasteiger partial charge in [0.15, 0.2) is 5.69 Å². The maximum absolute atomic E-state index is 13.8. The molecule has 166 valence electrons. The first-order valence-electron chi connectivity index (χ1n) is 10.9. The van der Waals surface area contributed by atoms with E-state index in [4.69, 9.17) is 4.42 Å². The SMILES string of the molecule is Cc1[nH]c2c(C3CCCC3)c(C(F)(F)F)nn2c(=O)c1-c1nnc(C2CCCCC2)o1. The molecule has 1 N–H and O–H groups in total. The van der Waals surface area contributed by atoms with Crippen LogP contribution in [0.3, 0.4) is 0 Å². The number of fused-ring (bicyclic) bond motifs is 1. The summed E-state index contributed by atoms with van der Waals surface area (Å²) >= 11 is 0. The molecular formula is C21H24F3N5O2. The van der Waals surface area contributed by atoms with Crippen molar-refractivity contribution >= 4 is 5.65 Å². The van der Waals surface area contributed by atoms with E-state index in [0.717, 1.165) is 43.0 Å². The molecule has 3 aromatic heterocycles. The number of H-pyrrole nitrogens is 1. The minimum atomic E-state index is -4.64. The lowest BCUT2D eigenvalue weighted by Gasteiger charge is -2.17. The number of nitrogens with one attached hydrogen (secondary N) is 1. The van der Waals surface area contributed by atoms with Gasteiger partial charge < -0.3 is 9.40 Å². The van der Waals surface area contributed by atoms with Gasteiger partial charge in [0.1, 0.15) is 11.2 Å². The highest BCUT2D eigenvalue weighted by atomic mass is 19.4. The van der Waals surface area contributed by atoms with Crippen LogP contribution in [-0.2, 0) is 6.18 Å². The average molecular weight is 435 g/mol. The second-order valence-corrected chi connectivity index (χ2v) is 8.71. The molecule has 2 aliphatic carbocycles. The van der Waals surface area contributed by atoms with Gasteiger partial charge in [-0.15, -0.1) is 10.2 Å². The maximum atomic E-state index is 13.8. The predicted molar refractivity (Wildman–Crippen MR) is 106 cm³/mol. The Morgan fingerprint density at radius 1 is 1.00 bits per heavy atom. The number of rotatable bonds is 3. The van der Waals surface area contributed by atoms with Gasteiger partial charge in [-0.25, -0.2) is 0 Å². The number of hydrogen-bond acceptors (Lipinski definition) is 5. The van der Waals surface area contributed by atoms with Crippen LogP contribution < -0.4 is 5.56 Å². The van der Waals surface area contributed by atoms with Gasteiger partial charge in [0.05, 0.1) is 0 Å². The molecule has 2 aliphatic rings. The van der Waals surface area contributed by atoms with Crippen LogP contribution >= 0.6 is 0 Å². The Kier molecular flexibility index (Phi) is 4.90. The number of halogens is 3. The van der Waals surface area contributed by atoms with E-state index >= 15 is 0 Å². The highest BCUT2D eigenvalue weighted by molar-refractivity contribution is 5.61. The van der Waals surface area contributed by atoms with E-state index in [2.05, 4.69) is 20.3 Å². The second-order valence-electron chi connectivity index (χ2n) is 8.71. The van der Waals surface area contributed by atoms with E-state index in [1.807, 2.05) is 0 Å². The zero-order valence-electron chi connectivity index (χ0n) is 17.3. The number of aromatic amines is 1. The molecule has 2 fully saturated rings. The predicted octanol–water partition coefficient (Wildman–Crippen LogP) is 5.11. The third-order valence-corrected chi connectivity index (χ3v) is 6.65. The number of nitrogens with zero attached hydrogens (tertiary/aromatic N) is 4. The summed E-state index contributed by atoms with van der Waals surface area (Å²) in [5, 5.41) is 11.9. The Morgan fingerprint density at radius 2 is 1.65 bits per heavy atom. The van der Waals surface area contributed by atoms with Gasteiger partial charge in [-0.2, -0.15) is 22.8 Å². The molecular weight excluding hydrogens is 411 g/mol. The summed E-state index contributed by atoms with van der Waals surface area (Å²) < 4.78 is 48.0. The van der Waals surface area contributed by atoms with Crippen molar-refractivity contribution < 1.29 is 17.6 Å². The molecule has 31 heavy (non-hydrogen) atoms. The smallest absolute Gasteiger partial charge is 0.420 e. The Hall–Kier alpha value is -2.65. The van der Waals surface area contributed by atoms with Crippen LogP contribution in [0.2, 0.25) is 0 Å². The lowest BCUT2D eigenvalue weighted by atomic mass is 9.89. The summed E-state index contributed by atoms with van der Waals surface area (Å²) in [6.07, 6.45) is 3.66. The van der Waals surface area contributed by atoms with Gasteiger partial charge >= 0.3 is 6.18 Å². The van der Waals surface area contributed by atoms with Gasteiger partial charge in [-0.05, 0) is 38.5 Å². The largest absolute Gasteiger partial charge is 0.435 e. The fraction of sp³-hybridized carbons (Fsp3) is 0.619. The zero-order chi connectivity index (χ0) is 21.8. The molecule has 2 saturated carbocycles. The molecule has 5 rings (SSSR count). The topological polar surface area (TPSA) is 89.1 Å². The normalized spacial score (nSPS) is 19.0. The number of aromatic nitrogens is 5. The first-order valence-corrected chi connectivity index (χ1v) is 10.9. The monoisotopic (exact) mass is 435 g/mol. The highest BCUT2D eigenvalue weighted by Crippen LogP contribution is 2.42. The number of alkyl halides is 3. The zero-order valence-corrected chi connectivity index (χ0v) is 17.3. The Balaban J connectivity index is 1.64. The third-order valence-electron chi connectivity index (χ3n) is 6.65. The van der Waals surface area contributed by atoms with Crippen LogP contribution in [-0.4, -0.2) is 24.8 Å². The first-order chi connectivity index (χ1) is 14.8. The minimum absolute atomic E-state index is 0.0210. The maximum Gasteiger partial charge on any atom is 0.435 e. The summed E-state index contributed by atoms with van der Waals surface area (Å²) in [6.45, 7) is 1.64. The first kappa shape index (κ1) is 20.3. The highest BCUT2D eigenvalue weighted by Gasteiger charge is 2.41. The van der Waals surface area contributed by atoms with Gasteiger partial charge in [0.2, 0.25) is 5.89 Å². The van der Waals surface area contributed by atoms with E-state index < -0.39 is 17.4 Å². The molecule has 0 bridgehead atoms. The second kappa shape index (κ2) is 7.49. The van der Waals surface area contributed by atoms with Crippen LogP contribution in [0.15, 0.2) is 9.21 Å². The molecule has 0 atom stereocenters. The summed E-state index contributed by atoms with van der Waals surface area (Å²) in [7, 11) is 0. The molecule has 3 heterocycles. The van der Waals surface area contributed by atoms with E-state index in [1.54, 1.807) is 6.92 Å². The van der Waals surface area contributed by atoms with E-state index in [-0.39, 0.29) is 34.5 Å².